The van der Waals surface area contributed by atoms with Crippen LogP contribution in [-0.2, 0) is 0 Å². The van der Waals surface area contributed by atoms with Gasteiger partial charge in [-0.05, 0) is 37.5 Å². The Morgan fingerprint density at radius 1 is 1.39 bits per heavy atom. The zero-order valence-electron chi connectivity index (χ0n) is 10.5. The molecule has 5 heteroatoms. The molecule has 1 aliphatic rings. The third kappa shape index (κ3) is 3.20. The van der Waals surface area contributed by atoms with E-state index < -0.39 is 0 Å². The van der Waals surface area contributed by atoms with Crippen LogP contribution in [0.5, 0.6) is 0 Å². The second kappa shape index (κ2) is 5.82. The molecule has 4 nitrogen and oxygen atoms in total. The van der Waals surface area contributed by atoms with Crippen LogP contribution in [0.4, 0.5) is 10.1 Å². The number of nitrogens with one attached hydrogen (secondary N) is 2. The first kappa shape index (κ1) is 12.8. The molecular formula is C13H19FN4. The summed E-state index contributed by atoms with van der Waals surface area (Å²) in [6.45, 7) is 1.91. The lowest BCUT2D eigenvalue weighted by Gasteiger charge is -2.13. The highest BCUT2D eigenvalue weighted by Crippen LogP contribution is 2.21. The Kier molecular flexibility index (Phi) is 4.15. The first-order chi connectivity index (χ1) is 8.69. The summed E-state index contributed by atoms with van der Waals surface area (Å²) >= 11 is 0. The fourth-order valence-corrected chi connectivity index (χ4v) is 2.18. The van der Waals surface area contributed by atoms with Crippen LogP contribution < -0.4 is 16.6 Å². The highest BCUT2D eigenvalue weighted by molar-refractivity contribution is 5.94. The number of aryl methyl sites for hydroxylation is 1. The summed E-state index contributed by atoms with van der Waals surface area (Å²) in [5.41, 5.74) is 4.18. The minimum atomic E-state index is -0.277. The molecule has 4 N–H and O–H groups in total. The number of hydrogen-bond acceptors (Lipinski definition) is 2. The van der Waals surface area contributed by atoms with Gasteiger partial charge in [-0.25, -0.2) is 15.2 Å². The summed E-state index contributed by atoms with van der Waals surface area (Å²) in [6.07, 6.45) is 4.61. The van der Waals surface area contributed by atoms with Crippen LogP contribution in [0.15, 0.2) is 23.2 Å². The van der Waals surface area contributed by atoms with Crippen LogP contribution in [0.2, 0.25) is 0 Å². The van der Waals surface area contributed by atoms with Gasteiger partial charge in [0.15, 0.2) is 0 Å². The average Bonchev–Trinajstić information content (AvgIpc) is 2.85. The normalized spacial score (nSPS) is 16.9. The quantitative estimate of drug-likeness (QED) is 0.327. The van der Waals surface area contributed by atoms with Crippen molar-refractivity contribution in [3.05, 3.63) is 29.6 Å². The molecular weight excluding hydrogens is 231 g/mol. The summed E-state index contributed by atoms with van der Waals surface area (Å²) in [5, 5.41) is 3.04. The minimum Gasteiger partial charge on any atom is -0.325 e. The van der Waals surface area contributed by atoms with Crippen molar-refractivity contribution in [3.63, 3.8) is 0 Å². The van der Waals surface area contributed by atoms with E-state index in [1.807, 2.05) is 6.92 Å². The summed E-state index contributed by atoms with van der Waals surface area (Å²) in [7, 11) is 0. The molecule has 0 saturated heterocycles. The molecule has 0 unspecified atom stereocenters. The average molecular weight is 250 g/mol. The van der Waals surface area contributed by atoms with Crippen LogP contribution >= 0.6 is 0 Å². The number of halogens is 1. The lowest BCUT2D eigenvalue weighted by molar-refractivity contribution is 0.628. The Labute approximate surface area is 106 Å². The van der Waals surface area contributed by atoms with Crippen molar-refractivity contribution in [1.29, 1.82) is 0 Å². The Morgan fingerprint density at radius 2 is 2.11 bits per heavy atom. The maximum Gasteiger partial charge on any atom is 0.210 e. The Hall–Kier alpha value is -1.62. The van der Waals surface area contributed by atoms with Gasteiger partial charge in [-0.1, -0.05) is 18.9 Å². The van der Waals surface area contributed by atoms with E-state index in [2.05, 4.69) is 15.7 Å². The number of rotatable bonds is 2. The molecule has 0 aliphatic heterocycles. The monoisotopic (exact) mass is 250 g/mol. The number of benzene rings is 1. The zero-order valence-corrected chi connectivity index (χ0v) is 10.5. The topological polar surface area (TPSA) is 62.4 Å². The Bertz CT molecular complexity index is 439. The van der Waals surface area contributed by atoms with E-state index >= 15 is 0 Å². The molecule has 1 aromatic rings. The third-order valence-corrected chi connectivity index (χ3v) is 3.23. The molecule has 0 atom stereocenters. The molecule has 0 amide bonds. The molecule has 0 spiro atoms. The lowest BCUT2D eigenvalue weighted by Crippen LogP contribution is -2.37. The van der Waals surface area contributed by atoms with E-state index in [1.165, 1.54) is 25.0 Å². The van der Waals surface area contributed by atoms with Gasteiger partial charge in [-0.2, -0.15) is 0 Å². The van der Waals surface area contributed by atoms with E-state index in [0.29, 0.717) is 17.7 Å². The van der Waals surface area contributed by atoms with Gasteiger partial charge in [-0.3, -0.25) is 5.43 Å². The van der Waals surface area contributed by atoms with E-state index in [1.54, 1.807) is 6.07 Å². The third-order valence-electron chi connectivity index (χ3n) is 3.23. The van der Waals surface area contributed by atoms with Gasteiger partial charge in [0, 0.05) is 5.69 Å². The molecule has 1 saturated carbocycles. The Morgan fingerprint density at radius 3 is 2.78 bits per heavy atom. The summed E-state index contributed by atoms with van der Waals surface area (Å²) < 4.78 is 13.2. The van der Waals surface area contributed by atoms with Gasteiger partial charge >= 0.3 is 0 Å². The Balaban J connectivity index is 2.11. The summed E-state index contributed by atoms with van der Waals surface area (Å²) in [5.74, 6) is 5.67. The fourth-order valence-electron chi connectivity index (χ4n) is 2.18. The van der Waals surface area contributed by atoms with Gasteiger partial charge < -0.3 is 5.32 Å². The number of aliphatic imine (C=N–C) groups is 1. The second-order valence-electron chi connectivity index (χ2n) is 4.64. The number of nitrogens with two attached hydrogens (primary N) is 1. The number of nitrogens with zero attached hydrogens (tertiary/aromatic N) is 1. The molecule has 0 bridgehead atoms. The van der Waals surface area contributed by atoms with Crippen molar-refractivity contribution in [1.82, 2.24) is 5.43 Å². The molecule has 0 heterocycles. The van der Waals surface area contributed by atoms with Crippen molar-refractivity contribution in [3.8, 4) is 0 Å². The predicted molar refractivity (Wildman–Crippen MR) is 71.8 cm³/mol. The van der Waals surface area contributed by atoms with Crippen LogP contribution in [0.1, 0.15) is 31.2 Å². The van der Waals surface area contributed by atoms with Gasteiger partial charge in [0.25, 0.3) is 0 Å². The van der Waals surface area contributed by atoms with Crippen molar-refractivity contribution < 1.29 is 4.39 Å². The largest absolute Gasteiger partial charge is 0.325 e. The van der Waals surface area contributed by atoms with Crippen molar-refractivity contribution in [2.24, 2.45) is 10.8 Å². The predicted octanol–water partition coefficient (Wildman–Crippen LogP) is 2.31. The first-order valence-electron chi connectivity index (χ1n) is 6.26. The first-order valence-corrected chi connectivity index (χ1v) is 6.26. The van der Waals surface area contributed by atoms with Gasteiger partial charge in [0.1, 0.15) is 5.82 Å². The highest BCUT2D eigenvalue weighted by Gasteiger charge is 2.14. The minimum absolute atomic E-state index is 0.277. The molecule has 18 heavy (non-hydrogen) atoms. The maximum absolute atomic E-state index is 13.2. The highest BCUT2D eigenvalue weighted by atomic mass is 19.1. The summed E-state index contributed by atoms with van der Waals surface area (Å²) in [4.78, 5) is 4.51. The zero-order chi connectivity index (χ0) is 13.0. The second-order valence-corrected chi connectivity index (χ2v) is 4.64. The molecule has 2 rings (SSSR count). The molecule has 98 valence electrons. The van der Waals surface area contributed by atoms with Crippen LogP contribution in [-0.4, -0.2) is 12.0 Å². The number of guanidine groups is 1. The molecule has 1 aliphatic carbocycles. The van der Waals surface area contributed by atoms with Crippen LogP contribution in [0.3, 0.4) is 0 Å². The van der Waals surface area contributed by atoms with E-state index in [4.69, 9.17) is 5.84 Å². The lowest BCUT2D eigenvalue weighted by atomic mass is 10.2. The van der Waals surface area contributed by atoms with E-state index in [-0.39, 0.29) is 5.82 Å². The van der Waals surface area contributed by atoms with Crippen molar-refractivity contribution in [2.45, 2.75) is 38.6 Å². The van der Waals surface area contributed by atoms with Crippen molar-refractivity contribution in [2.75, 3.05) is 5.32 Å². The molecule has 1 aromatic carbocycles. The van der Waals surface area contributed by atoms with E-state index in [9.17, 15) is 4.39 Å². The molecule has 1 fully saturated rings. The smallest absolute Gasteiger partial charge is 0.210 e. The number of anilines is 1. The number of hydrazine groups is 1. The SMILES string of the molecule is Cc1ccc(F)cc1NC(=NC1CCCC1)NN. The molecule has 0 radical (unpaired) electrons. The summed E-state index contributed by atoms with van der Waals surface area (Å²) in [6, 6.07) is 4.92. The van der Waals surface area contributed by atoms with Gasteiger partial charge in [0.05, 0.1) is 6.04 Å². The fraction of sp³-hybridized carbons (Fsp3) is 0.462. The standard InChI is InChI=1S/C13H19FN4/c1-9-6-7-10(14)8-12(9)17-13(18-15)16-11-4-2-3-5-11/h6-8,11H,2-5,15H2,1H3,(H2,16,17,18). The van der Waals surface area contributed by atoms with Crippen LogP contribution in [0.25, 0.3) is 0 Å². The number of hydrogen-bond donors (Lipinski definition) is 3. The maximum atomic E-state index is 13.2. The molecule has 0 aromatic heterocycles. The van der Waals surface area contributed by atoms with Crippen LogP contribution in [0, 0.1) is 12.7 Å². The van der Waals surface area contributed by atoms with Gasteiger partial charge in [-0.15, -0.1) is 0 Å². The van der Waals surface area contributed by atoms with Gasteiger partial charge in [0.2, 0.25) is 5.96 Å². The van der Waals surface area contributed by atoms with E-state index in [0.717, 1.165) is 18.4 Å². The van der Waals surface area contributed by atoms with Crippen molar-refractivity contribution >= 4 is 11.6 Å².